The highest BCUT2D eigenvalue weighted by molar-refractivity contribution is 5.84. The number of hydrogen-bond donors (Lipinski definition) is 1. The molecule has 3 aliphatic rings. The van der Waals surface area contributed by atoms with E-state index in [0.717, 1.165) is 64.8 Å². The van der Waals surface area contributed by atoms with Crippen LogP contribution in [0.5, 0.6) is 0 Å². The molecule has 0 radical (unpaired) electrons. The summed E-state index contributed by atoms with van der Waals surface area (Å²) in [5.41, 5.74) is 6.22. The average Bonchev–Trinajstić information content (AvgIpc) is 2.93. The lowest BCUT2D eigenvalue weighted by Crippen LogP contribution is -2.52. The fraction of sp³-hybridized carbons (Fsp3) is 0.929. The first-order valence-electron chi connectivity index (χ1n) is 7.38. The van der Waals surface area contributed by atoms with E-state index >= 15 is 0 Å². The maximum atomic E-state index is 12.8. The average molecular weight is 251 g/mol. The molecule has 2 bridgehead atoms. The molecule has 0 unspecified atom stereocenters. The van der Waals surface area contributed by atoms with Crippen molar-refractivity contribution < 1.29 is 4.79 Å². The van der Waals surface area contributed by atoms with Crippen molar-refractivity contribution in [2.45, 2.75) is 44.6 Å². The second-order valence-corrected chi connectivity index (χ2v) is 6.55. The number of carbonyl (C=O) groups is 1. The van der Waals surface area contributed by atoms with Gasteiger partial charge in [-0.15, -0.1) is 0 Å². The molecular formula is C14H25N3O. The summed E-state index contributed by atoms with van der Waals surface area (Å²) in [6.07, 6.45) is 5.08. The highest BCUT2D eigenvalue weighted by Crippen LogP contribution is 2.56. The van der Waals surface area contributed by atoms with Gasteiger partial charge in [-0.05, 0) is 38.6 Å². The molecule has 0 aromatic rings. The van der Waals surface area contributed by atoms with Crippen molar-refractivity contribution in [3.8, 4) is 0 Å². The molecule has 0 aromatic carbocycles. The second kappa shape index (κ2) is 4.20. The number of fused-ring (bicyclic) bond motifs is 2. The zero-order valence-electron chi connectivity index (χ0n) is 11.5. The molecule has 2 N–H and O–H groups in total. The van der Waals surface area contributed by atoms with Gasteiger partial charge in [0.15, 0.2) is 0 Å². The van der Waals surface area contributed by atoms with Crippen LogP contribution in [0.15, 0.2) is 0 Å². The number of carbonyl (C=O) groups excluding carboxylic acids is 1. The molecule has 4 nitrogen and oxygen atoms in total. The van der Waals surface area contributed by atoms with Gasteiger partial charge in [0.2, 0.25) is 5.91 Å². The number of rotatable bonds is 2. The largest absolute Gasteiger partial charge is 0.340 e. The SMILES string of the molecule is CCN1CCN(C(=O)C23CCC(N)(CC2)C3)CC1. The zero-order valence-corrected chi connectivity index (χ0v) is 11.5. The number of amides is 1. The molecule has 0 aromatic heterocycles. The summed E-state index contributed by atoms with van der Waals surface area (Å²) in [5, 5.41) is 0. The number of likely N-dealkylation sites (N-methyl/N-ethyl adjacent to an activating group) is 1. The molecule has 1 amide bonds. The Balaban J connectivity index is 1.66. The number of nitrogens with two attached hydrogens (primary N) is 1. The van der Waals surface area contributed by atoms with Crippen LogP contribution in [0, 0.1) is 5.41 Å². The van der Waals surface area contributed by atoms with E-state index in [2.05, 4.69) is 16.7 Å². The van der Waals surface area contributed by atoms with Gasteiger partial charge in [0.05, 0.1) is 5.41 Å². The van der Waals surface area contributed by atoms with Crippen molar-refractivity contribution in [3.63, 3.8) is 0 Å². The van der Waals surface area contributed by atoms with Crippen LogP contribution >= 0.6 is 0 Å². The number of piperazine rings is 1. The van der Waals surface area contributed by atoms with Gasteiger partial charge < -0.3 is 15.5 Å². The maximum absolute atomic E-state index is 12.8. The van der Waals surface area contributed by atoms with E-state index in [1.54, 1.807) is 0 Å². The van der Waals surface area contributed by atoms with Gasteiger partial charge in [-0.2, -0.15) is 0 Å². The van der Waals surface area contributed by atoms with E-state index < -0.39 is 0 Å². The Hall–Kier alpha value is -0.610. The summed E-state index contributed by atoms with van der Waals surface area (Å²) >= 11 is 0. The molecular weight excluding hydrogens is 226 g/mol. The quantitative estimate of drug-likeness (QED) is 0.790. The summed E-state index contributed by atoms with van der Waals surface area (Å²) in [6, 6.07) is 0. The molecule has 2 aliphatic carbocycles. The van der Waals surface area contributed by atoms with Gasteiger partial charge in [-0.1, -0.05) is 6.92 Å². The lowest BCUT2D eigenvalue weighted by atomic mass is 9.82. The third kappa shape index (κ3) is 1.86. The molecule has 1 heterocycles. The van der Waals surface area contributed by atoms with Crippen LogP contribution in [-0.4, -0.2) is 54.0 Å². The fourth-order valence-electron chi connectivity index (χ4n) is 4.15. The van der Waals surface area contributed by atoms with Crippen LogP contribution in [0.25, 0.3) is 0 Å². The second-order valence-electron chi connectivity index (χ2n) is 6.55. The highest BCUT2D eigenvalue weighted by Gasteiger charge is 2.57. The van der Waals surface area contributed by atoms with Crippen molar-refractivity contribution in [1.29, 1.82) is 0 Å². The van der Waals surface area contributed by atoms with Gasteiger partial charge in [0, 0.05) is 31.7 Å². The van der Waals surface area contributed by atoms with E-state index in [9.17, 15) is 4.79 Å². The number of nitrogens with zero attached hydrogens (tertiary/aromatic N) is 2. The third-order valence-corrected chi connectivity index (χ3v) is 5.45. The van der Waals surface area contributed by atoms with Crippen molar-refractivity contribution in [1.82, 2.24) is 9.80 Å². The molecule has 3 rings (SSSR count). The van der Waals surface area contributed by atoms with Crippen LogP contribution in [0.2, 0.25) is 0 Å². The Morgan fingerprint density at radius 1 is 1.11 bits per heavy atom. The van der Waals surface area contributed by atoms with Crippen molar-refractivity contribution in [2.24, 2.45) is 11.1 Å². The highest BCUT2D eigenvalue weighted by atomic mass is 16.2. The van der Waals surface area contributed by atoms with Gasteiger partial charge in [0.1, 0.15) is 0 Å². The molecule has 102 valence electrons. The monoisotopic (exact) mass is 251 g/mol. The van der Waals surface area contributed by atoms with E-state index in [4.69, 9.17) is 5.73 Å². The van der Waals surface area contributed by atoms with Crippen LogP contribution in [-0.2, 0) is 4.79 Å². The smallest absolute Gasteiger partial charge is 0.228 e. The standard InChI is InChI=1S/C14H25N3O/c1-2-16-7-9-17(10-8-16)12(18)13-3-5-14(15,11-13)6-4-13/h2-11,15H2,1H3. The molecule has 0 atom stereocenters. The minimum absolute atomic E-state index is 0.0130. The van der Waals surface area contributed by atoms with Gasteiger partial charge >= 0.3 is 0 Å². The van der Waals surface area contributed by atoms with E-state index in [0.29, 0.717) is 5.91 Å². The number of hydrogen-bond acceptors (Lipinski definition) is 3. The molecule has 3 fully saturated rings. The minimum atomic E-state index is -0.0802. The van der Waals surface area contributed by atoms with E-state index in [1.807, 2.05) is 0 Å². The normalized spacial score (nSPS) is 40.4. The van der Waals surface area contributed by atoms with Crippen LogP contribution < -0.4 is 5.73 Å². The van der Waals surface area contributed by atoms with Crippen molar-refractivity contribution >= 4 is 5.91 Å². The minimum Gasteiger partial charge on any atom is -0.340 e. The van der Waals surface area contributed by atoms with Crippen LogP contribution in [0.3, 0.4) is 0 Å². The Bertz CT molecular complexity index is 339. The molecule has 0 spiro atoms. The first-order valence-corrected chi connectivity index (χ1v) is 7.38. The molecule has 2 saturated carbocycles. The molecule has 1 saturated heterocycles. The van der Waals surface area contributed by atoms with Gasteiger partial charge in [0.25, 0.3) is 0 Å². The third-order valence-electron chi connectivity index (χ3n) is 5.45. The van der Waals surface area contributed by atoms with E-state index in [-0.39, 0.29) is 11.0 Å². The summed E-state index contributed by atoms with van der Waals surface area (Å²) in [4.78, 5) is 17.3. The predicted molar refractivity (Wildman–Crippen MR) is 71.1 cm³/mol. The first-order chi connectivity index (χ1) is 8.57. The van der Waals surface area contributed by atoms with Crippen molar-refractivity contribution in [2.75, 3.05) is 32.7 Å². The first kappa shape index (κ1) is 12.4. The lowest BCUT2D eigenvalue weighted by Gasteiger charge is -2.38. The molecule has 18 heavy (non-hydrogen) atoms. The predicted octanol–water partition coefficient (Wildman–Crippen LogP) is 0.812. The topological polar surface area (TPSA) is 49.6 Å². The molecule has 1 aliphatic heterocycles. The Morgan fingerprint density at radius 2 is 1.72 bits per heavy atom. The fourth-order valence-corrected chi connectivity index (χ4v) is 4.15. The Kier molecular flexibility index (Phi) is 2.90. The Morgan fingerprint density at radius 3 is 2.17 bits per heavy atom. The van der Waals surface area contributed by atoms with E-state index in [1.165, 1.54) is 0 Å². The van der Waals surface area contributed by atoms with Crippen LogP contribution in [0.4, 0.5) is 0 Å². The zero-order chi connectivity index (χ0) is 12.8. The molecule has 4 heteroatoms. The van der Waals surface area contributed by atoms with Crippen LogP contribution in [0.1, 0.15) is 39.0 Å². The summed E-state index contributed by atoms with van der Waals surface area (Å²) in [5.74, 6) is 0.406. The lowest BCUT2D eigenvalue weighted by molar-refractivity contribution is -0.143. The van der Waals surface area contributed by atoms with Gasteiger partial charge in [-0.3, -0.25) is 4.79 Å². The summed E-state index contributed by atoms with van der Waals surface area (Å²) < 4.78 is 0. The maximum Gasteiger partial charge on any atom is 0.228 e. The summed E-state index contributed by atoms with van der Waals surface area (Å²) in [6.45, 7) is 7.17. The Labute approximate surface area is 109 Å². The van der Waals surface area contributed by atoms with Crippen molar-refractivity contribution in [3.05, 3.63) is 0 Å². The summed E-state index contributed by atoms with van der Waals surface area (Å²) in [7, 11) is 0. The van der Waals surface area contributed by atoms with Gasteiger partial charge in [-0.25, -0.2) is 0 Å².